The maximum atomic E-state index is 9.05. The van der Waals surface area contributed by atoms with Gasteiger partial charge in [0.25, 0.3) is 0 Å². The van der Waals surface area contributed by atoms with Crippen LogP contribution in [0.2, 0.25) is 0 Å². The predicted molar refractivity (Wildman–Crippen MR) is 70.8 cm³/mol. The van der Waals surface area contributed by atoms with Gasteiger partial charge in [0, 0.05) is 18.9 Å². The fourth-order valence-corrected chi connectivity index (χ4v) is 2.11. The maximum Gasteiger partial charge on any atom is 0.134 e. The molecule has 0 atom stereocenters. The zero-order valence-corrected chi connectivity index (χ0v) is 11.1. The molecule has 1 aromatic rings. The van der Waals surface area contributed by atoms with E-state index in [9.17, 15) is 0 Å². The number of nitrogens with zero attached hydrogens (tertiary/aromatic N) is 2. The second-order valence-electron chi connectivity index (χ2n) is 4.67. The van der Waals surface area contributed by atoms with Crippen molar-refractivity contribution in [2.75, 3.05) is 0 Å². The highest BCUT2D eigenvalue weighted by Crippen LogP contribution is 2.09. The Morgan fingerprint density at radius 3 is 2.35 bits per heavy atom. The SMILES string of the molecule is CCCCCCCCCCn1ccnc1CO. The minimum absolute atomic E-state index is 0.0457. The molecule has 0 saturated carbocycles. The van der Waals surface area contributed by atoms with Crippen LogP contribution < -0.4 is 0 Å². The molecule has 1 rings (SSSR count). The summed E-state index contributed by atoms with van der Waals surface area (Å²) in [6, 6.07) is 0. The number of imidazole rings is 1. The largest absolute Gasteiger partial charge is 0.388 e. The Hall–Kier alpha value is -0.830. The van der Waals surface area contributed by atoms with Gasteiger partial charge >= 0.3 is 0 Å². The van der Waals surface area contributed by atoms with Crippen LogP contribution in [0.25, 0.3) is 0 Å². The van der Waals surface area contributed by atoms with Gasteiger partial charge in [-0.25, -0.2) is 4.98 Å². The van der Waals surface area contributed by atoms with Crippen molar-refractivity contribution < 1.29 is 5.11 Å². The van der Waals surface area contributed by atoms with E-state index in [0.717, 1.165) is 12.4 Å². The van der Waals surface area contributed by atoms with Crippen LogP contribution in [0, 0.1) is 0 Å². The minimum Gasteiger partial charge on any atom is -0.388 e. The van der Waals surface area contributed by atoms with Gasteiger partial charge < -0.3 is 9.67 Å². The molecule has 1 heterocycles. The Morgan fingerprint density at radius 2 is 1.71 bits per heavy atom. The number of aromatic nitrogens is 2. The lowest BCUT2D eigenvalue weighted by Gasteiger charge is -2.05. The molecule has 3 nitrogen and oxygen atoms in total. The van der Waals surface area contributed by atoms with Gasteiger partial charge in [-0.1, -0.05) is 51.9 Å². The molecule has 0 aliphatic heterocycles. The van der Waals surface area contributed by atoms with E-state index >= 15 is 0 Å². The molecular weight excluding hydrogens is 212 g/mol. The van der Waals surface area contributed by atoms with Crippen LogP contribution >= 0.6 is 0 Å². The fraction of sp³-hybridized carbons (Fsp3) is 0.786. The monoisotopic (exact) mass is 238 g/mol. The Morgan fingerprint density at radius 1 is 1.06 bits per heavy atom. The number of unbranched alkanes of at least 4 members (excludes halogenated alkanes) is 7. The second-order valence-corrected chi connectivity index (χ2v) is 4.67. The first-order chi connectivity index (χ1) is 8.38. The first-order valence-corrected chi connectivity index (χ1v) is 6.99. The van der Waals surface area contributed by atoms with Crippen molar-refractivity contribution >= 4 is 0 Å². The molecule has 3 heteroatoms. The van der Waals surface area contributed by atoms with E-state index < -0.39 is 0 Å². The quantitative estimate of drug-likeness (QED) is 0.633. The second kappa shape index (κ2) is 9.23. The van der Waals surface area contributed by atoms with Gasteiger partial charge in [-0.2, -0.15) is 0 Å². The van der Waals surface area contributed by atoms with E-state index in [-0.39, 0.29) is 6.61 Å². The van der Waals surface area contributed by atoms with Crippen molar-refractivity contribution in [3.8, 4) is 0 Å². The molecule has 0 amide bonds. The van der Waals surface area contributed by atoms with Gasteiger partial charge in [0.1, 0.15) is 12.4 Å². The van der Waals surface area contributed by atoms with Crippen LogP contribution in [0.1, 0.15) is 64.1 Å². The summed E-state index contributed by atoms with van der Waals surface area (Å²) in [7, 11) is 0. The van der Waals surface area contributed by atoms with Gasteiger partial charge in [0.05, 0.1) is 0 Å². The third kappa shape index (κ3) is 5.87. The molecule has 0 bridgehead atoms. The average Bonchev–Trinajstić information content (AvgIpc) is 2.80. The predicted octanol–water partition coefficient (Wildman–Crippen LogP) is 3.52. The molecule has 0 fully saturated rings. The zero-order valence-electron chi connectivity index (χ0n) is 11.1. The summed E-state index contributed by atoms with van der Waals surface area (Å²) in [5.41, 5.74) is 0. The highest BCUT2D eigenvalue weighted by atomic mass is 16.3. The number of aliphatic hydroxyl groups is 1. The van der Waals surface area contributed by atoms with Crippen molar-refractivity contribution in [3.63, 3.8) is 0 Å². The van der Waals surface area contributed by atoms with E-state index in [0.29, 0.717) is 0 Å². The van der Waals surface area contributed by atoms with E-state index in [4.69, 9.17) is 5.11 Å². The highest BCUT2D eigenvalue weighted by Gasteiger charge is 1.99. The van der Waals surface area contributed by atoms with Crippen LogP contribution in [0.3, 0.4) is 0 Å². The van der Waals surface area contributed by atoms with Crippen molar-refractivity contribution in [3.05, 3.63) is 18.2 Å². The lowest BCUT2D eigenvalue weighted by atomic mass is 10.1. The maximum absolute atomic E-state index is 9.05. The average molecular weight is 238 g/mol. The number of aliphatic hydroxyl groups excluding tert-OH is 1. The molecule has 0 aliphatic rings. The van der Waals surface area contributed by atoms with Gasteiger partial charge in [-0.05, 0) is 6.42 Å². The molecule has 1 aromatic heterocycles. The topological polar surface area (TPSA) is 38.0 Å². The van der Waals surface area contributed by atoms with Gasteiger partial charge in [-0.3, -0.25) is 0 Å². The van der Waals surface area contributed by atoms with E-state index in [1.807, 2.05) is 6.20 Å². The Bertz CT molecular complexity index is 284. The third-order valence-corrected chi connectivity index (χ3v) is 3.20. The zero-order chi connectivity index (χ0) is 12.3. The highest BCUT2D eigenvalue weighted by molar-refractivity contribution is 4.89. The molecule has 0 spiro atoms. The Kier molecular flexibility index (Phi) is 7.72. The van der Waals surface area contributed by atoms with Crippen LogP contribution in [-0.2, 0) is 13.2 Å². The summed E-state index contributed by atoms with van der Waals surface area (Å²) < 4.78 is 2.05. The molecule has 98 valence electrons. The summed E-state index contributed by atoms with van der Waals surface area (Å²) in [6.07, 6.45) is 14.4. The molecule has 0 unspecified atom stereocenters. The van der Waals surface area contributed by atoms with Crippen LogP contribution in [0.15, 0.2) is 12.4 Å². The Labute approximate surface area is 105 Å². The molecule has 0 saturated heterocycles. The third-order valence-electron chi connectivity index (χ3n) is 3.20. The first-order valence-electron chi connectivity index (χ1n) is 6.99. The van der Waals surface area contributed by atoms with E-state index in [1.54, 1.807) is 6.20 Å². The summed E-state index contributed by atoms with van der Waals surface area (Å²) in [5.74, 6) is 0.785. The van der Waals surface area contributed by atoms with Gasteiger partial charge in [0.15, 0.2) is 0 Å². The summed E-state index contributed by atoms with van der Waals surface area (Å²) in [6.45, 7) is 3.29. The van der Waals surface area contributed by atoms with Gasteiger partial charge in [0.2, 0.25) is 0 Å². The molecule has 17 heavy (non-hydrogen) atoms. The lowest BCUT2D eigenvalue weighted by Crippen LogP contribution is -2.02. The van der Waals surface area contributed by atoms with Crippen LogP contribution in [0.5, 0.6) is 0 Å². The van der Waals surface area contributed by atoms with Crippen LogP contribution in [0.4, 0.5) is 0 Å². The molecule has 0 radical (unpaired) electrons. The van der Waals surface area contributed by atoms with Crippen molar-refractivity contribution in [1.82, 2.24) is 9.55 Å². The Balaban J connectivity index is 1.97. The summed E-state index contributed by atoms with van der Waals surface area (Å²) in [5, 5.41) is 9.05. The normalized spacial score (nSPS) is 10.9. The van der Waals surface area contributed by atoms with Crippen molar-refractivity contribution in [2.24, 2.45) is 0 Å². The number of aryl methyl sites for hydroxylation is 1. The van der Waals surface area contributed by atoms with Crippen molar-refractivity contribution in [1.29, 1.82) is 0 Å². The van der Waals surface area contributed by atoms with Crippen molar-refractivity contribution in [2.45, 2.75) is 71.4 Å². The number of hydrogen-bond acceptors (Lipinski definition) is 2. The van der Waals surface area contributed by atoms with Crippen LogP contribution in [-0.4, -0.2) is 14.7 Å². The van der Waals surface area contributed by atoms with E-state index in [2.05, 4.69) is 16.5 Å². The molecule has 0 aliphatic carbocycles. The smallest absolute Gasteiger partial charge is 0.134 e. The standard InChI is InChI=1S/C14H26N2O/c1-2-3-4-5-6-7-8-9-11-16-12-10-15-14(16)13-17/h10,12,17H,2-9,11,13H2,1H3. The molecular formula is C14H26N2O. The lowest BCUT2D eigenvalue weighted by molar-refractivity contribution is 0.264. The molecule has 1 N–H and O–H groups in total. The summed E-state index contributed by atoms with van der Waals surface area (Å²) >= 11 is 0. The number of hydrogen-bond donors (Lipinski definition) is 1. The summed E-state index contributed by atoms with van der Waals surface area (Å²) in [4.78, 5) is 4.10. The minimum atomic E-state index is 0.0457. The van der Waals surface area contributed by atoms with E-state index in [1.165, 1.54) is 51.4 Å². The first kappa shape index (κ1) is 14.2. The fourth-order valence-electron chi connectivity index (χ4n) is 2.11. The number of rotatable bonds is 10. The molecule has 0 aromatic carbocycles. The van der Waals surface area contributed by atoms with Gasteiger partial charge in [-0.15, -0.1) is 0 Å².